The van der Waals surface area contributed by atoms with Gasteiger partial charge >= 0.3 is 0 Å². The Morgan fingerprint density at radius 1 is 1.27 bits per heavy atom. The van der Waals surface area contributed by atoms with E-state index in [1.807, 2.05) is 39.3 Å². The minimum absolute atomic E-state index is 0.0278. The van der Waals surface area contributed by atoms with E-state index in [0.29, 0.717) is 19.0 Å². The van der Waals surface area contributed by atoms with Gasteiger partial charge in [-0.1, -0.05) is 19.0 Å². The maximum atomic E-state index is 9.05. The molecule has 2 aromatic rings. The first-order valence-electron chi connectivity index (χ1n) is 7.64. The highest BCUT2D eigenvalue weighted by molar-refractivity contribution is 5.24. The second kappa shape index (κ2) is 7.02. The largest absolute Gasteiger partial charge is 0.394 e. The predicted octanol–water partition coefficient (Wildman–Crippen LogP) is 1.85. The van der Waals surface area contributed by atoms with E-state index in [4.69, 9.17) is 9.63 Å². The van der Waals surface area contributed by atoms with Crippen LogP contribution in [0.3, 0.4) is 0 Å². The number of hydrogen-bond acceptors (Lipinski definition) is 6. The summed E-state index contributed by atoms with van der Waals surface area (Å²) in [6.45, 7) is 11.3. The highest BCUT2D eigenvalue weighted by atomic mass is 16.5. The molecule has 0 aliphatic rings. The van der Waals surface area contributed by atoms with Gasteiger partial charge in [0.1, 0.15) is 0 Å². The molecule has 22 heavy (non-hydrogen) atoms. The van der Waals surface area contributed by atoms with Crippen LogP contribution in [0.25, 0.3) is 0 Å². The molecule has 7 nitrogen and oxygen atoms in total. The van der Waals surface area contributed by atoms with Gasteiger partial charge in [0.25, 0.3) is 0 Å². The Morgan fingerprint density at radius 3 is 2.59 bits per heavy atom. The van der Waals surface area contributed by atoms with Gasteiger partial charge in [0.15, 0.2) is 5.82 Å². The number of nitrogens with one attached hydrogen (secondary N) is 1. The molecule has 1 atom stereocenters. The van der Waals surface area contributed by atoms with E-state index in [-0.39, 0.29) is 18.6 Å². The third-order valence-electron chi connectivity index (χ3n) is 3.77. The summed E-state index contributed by atoms with van der Waals surface area (Å²) in [7, 11) is 0. The Kier molecular flexibility index (Phi) is 5.31. The first kappa shape index (κ1) is 16.6. The lowest BCUT2D eigenvalue weighted by Crippen LogP contribution is -2.19. The van der Waals surface area contributed by atoms with Crippen molar-refractivity contribution < 1.29 is 9.63 Å². The minimum atomic E-state index is -0.0278. The molecule has 0 amide bonds. The van der Waals surface area contributed by atoms with Crippen LogP contribution in [0.2, 0.25) is 0 Å². The number of aliphatic hydroxyl groups excluding tert-OH is 1. The molecule has 1 unspecified atom stereocenters. The molecule has 2 rings (SSSR count). The fourth-order valence-corrected chi connectivity index (χ4v) is 2.30. The van der Waals surface area contributed by atoms with Crippen molar-refractivity contribution in [1.82, 2.24) is 25.2 Å². The number of nitrogens with zero attached hydrogens (tertiary/aromatic N) is 4. The smallest absolute Gasteiger partial charge is 0.243 e. The average Bonchev–Trinajstić information content (AvgIpc) is 3.05. The summed E-state index contributed by atoms with van der Waals surface area (Å²) in [4.78, 5) is 4.41. The van der Waals surface area contributed by atoms with Gasteiger partial charge in [-0.3, -0.25) is 4.68 Å². The lowest BCUT2D eigenvalue weighted by Gasteiger charge is -2.10. The lowest BCUT2D eigenvalue weighted by atomic mass is 10.2. The van der Waals surface area contributed by atoms with Crippen LogP contribution in [0.1, 0.15) is 61.4 Å². The summed E-state index contributed by atoms with van der Waals surface area (Å²) in [5.41, 5.74) is 3.18. The van der Waals surface area contributed by atoms with Crippen molar-refractivity contribution in [2.45, 2.75) is 59.7 Å². The van der Waals surface area contributed by atoms with Gasteiger partial charge in [0, 0.05) is 23.7 Å². The molecule has 2 N–H and O–H groups in total. The molecule has 0 saturated heterocycles. The molecule has 2 heterocycles. The highest BCUT2D eigenvalue weighted by Gasteiger charge is 2.17. The van der Waals surface area contributed by atoms with E-state index < -0.39 is 0 Å². The third kappa shape index (κ3) is 3.53. The highest BCUT2D eigenvalue weighted by Crippen LogP contribution is 2.17. The normalized spacial score (nSPS) is 13.0. The van der Waals surface area contributed by atoms with Crippen LogP contribution in [0, 0.1) is 13.8 Å². The van der Waals surface area contributed by atoms with Crippen LogP contribution < -0.4 is 5.32 Å². The first-order chi connectivity index (χ1) is 10.4. The molecule has 2 aromatic heterocycles. The summed E-state index contributed by atoms with van der Waals surface area (Å²) in [5.74, 6) is 1.58. The van der Waals surface area contributed by atoms with Crippen LogP contribution in [0.15, 0.2) is 4.52 Å². The Bertz CT molecular complexity index is 617. The zero-order chi connectivity index (χ0) is 16.3. The number of aliphatic hydroxyl groups is 1. The van der Waals surface area contributed by atoms with Crippen LogP contribution in [0.5, 0.6) is 0 Å². The van der Waals surface area contributed by atoms with E-state index in [9.17, 15) is 0 Å². The quantitative estimate of drug-likeness (QED) is 0.811. The van der Waals surface area contributed by atoms with Crippen LogP contribution in [0.4, 0.5) is 0 Å². The van der Waals surface area contributed by atoms with Crippen molar-refractivity contribution in [2.24, 2.45) is 0 Å². The standard InChI is InChI=1S/C15H25N5O2/c1-9(2)14-17-15(22-19-14)11(4)16-8-13-10(3)18-20(6-7-21)12(13)5/h9,11,16,21H,6-8H2,1-5H3. The van der Waals surface area contributed by atoms with Gasteiger partial charge in [-0.15, -0.1) is 0 Å². The van der Waals surface area contributed by atoms with Crippen molar-refractivity contribution in [3.63, 3.8) is 0 Å². The van der Waals surface area contributed by atoms with E-state index in [0.717, 1.165) is 22.8 Å². The number of aryl methyl sites for hydroxylation is 1. The zero-order valence-electron chi connectivity index (χ0n) is 13.9. The fraction of sp³-hybridized carbons (Fsp3) is 0.667. The summed E-state index contributed by atoms with van der Waals surface area (Å²) in [5, 5.41) is 20.9. The molecule has 0 aliphatic heterocycles. The second-order valence-corrected chi connectivity index (χ2v) is 5.84. The molecule has 0 aliphatic carbocycles. The fourth-order valence-electron chi connectivity index (χ4n) is 2.30. The number of rotatable bonds is 7. The van der Waals surface area contributed by atoms with Crippen LogP contribution in [-0.2, 0) is 13.1 Å². The molecule has 122 valence electrons. The molecular weight excluding hydrogens is 282 g/mol. The average molecular weight is 307 g/mol. The van der Waals surface area contributed by atoms with E-state index in [2.05, 4.69) is 20.6 Å². The molecule has 0 aromatic carbocycles. The molecule has 0 saturated carbocycles. The Balaban J connectivity index is 2.02. The Morgan fingerprint density at radius 2 is 2.00 bits per heavy atom. The maximum Gasteiger partial charge on any atom is 0.243 e. The summed E-state index contributed by atoms with van der Waals surface area (Å²) in [6, 6.07) is -0.0278. The topological polar surface area (TPSA) is 89.0 Å². The molecule has 0 fully saturated rings. The zero-order valence-corrected chi connectivity index (χ0v) is 13.9. The van der Waals surface area contributed by atoms with Crippen molar-refractivity contribution in [2.75, 3.05) is 6.61 Å². The third-order valence-corrected chi connectivity index (χ3v) is 3.77. The summed E-state index contributed by atoms with van der Waals surface area (Å²) >= 11 is 0. The van der Waals surface area contributed by atoms with Gasteiger partial charge in [0.2, 0.25) is 5.89 Å². The monoisotopic (exact) mass is 307 g/mol. The Labute approximate surface area is 130 Å². The van der Waals surface area contributed by atoms with Crippen molar-refractivity contribution in [1.29, 1.82) is 0 Å². The molecule has 7 heteroatoms. The second-order valence-electron chi connectivity index (χ2n) is 5.84. The molecule has 0 bridgehead atoms. The van der Waals surface area contributed by atoms with Crippen LogP contribution in [-0.4, -0.2) is 31.6 Å². The van der Waals surface area contributed by atoms with E-state index >= 15 is 0 Å². The van der Waals surface area contributed by atoms with Crippen molar-refractivity contribution in [3.8, 4) is 0 Å². The van der Waals surface area contributed by atoms with Gasteiger partial charge in [-0.25, -0.2) is 0 Å². The molecule has 0 radical (unpaired) electrons. The first-order valence-corrected chi connectivity index (χ1v) is 7.64. The summed E-state index contributed by atoms with van der Waals surface area (Å²) in [6.07, 6.45) is 0. The number of hydrogen-bond donors (Lipinski definition) is 2. The van der Waals surface area contributed by atoms with Gasteiger partial charge in [0.05, 0.1) is 24.9 Å². The van der Waals surface area contributed by atoms with Crippen LogP contribution >= 0.6 is 0 Å². The molecule has 0 spiro atoms. The van der Waals surface area contributed by atoms with Crippen molar-refractivity contribution in [3.05, 3.63) is 28.7 Å². The van der Waals surface area contributed by atoms with Gasteiger partial charge in [-0.05, 0) is 20.8 Å². The van der Waals surface area contributed by atoms with E-state index in [1.165, 1.54) is 0 Å². The van der Waals surface area contributed by atoms with E-state index in [1.54, 1.807) is 0 Å². The predicted molar refractivity (Wildman–Crippen MR) is 82.4 cm³/mol. The SMILES string of the molecule is Cc1nn(CCO)c(C)c1CNC(C)c1nc(C(C)C)no1. The summed E-state index contributed by atoms with van der Waals surface area (Å²) < 4.78 is 7.14. The molecular formula is C15H25N5O2. The number of aromatic nitrogens is 4. The lowest BCUT2D eigenvalue weighted by molar-refractivity contribution is 0.267. The van der Waals surface area contributed by atoms with Gasteiger partial charge < -0.3 is 14.9 Å². The Hall–Kier alpha value is -1.73. The van der Waals surface area contributed by atoms with Crippen molar-refractivity contribution >= 4 is 0 Å². The minimum Gasteiger partial charge on any atom is -0.394 e. The maximum absolute atomic E-state index is 9.05. The van der Waals surface area contributed by atoms with Gasteiger partial charge in [-0.2, -0.15) is 10.1 Å².